The van der Waals surface area contributed by atoms with E-state index in [1.165, 1.54) is 54.6 Å². The number of hydrogen-bond acceptors (Lipinski definition) is 1. The monoisotopic (exact) mass is 461 g/mol. The van der Waals surface area contributed by atoms with Crippen molar-refractivity contribution >= 4 is 37.9 Å². The van der Waals surface area contributed by atoms with Crippen LogP contribution in [0.15, 0.2) is 140 Å². The quantitative estimate of drug-likeness (QED) is 0.201. The molecular formula is C35H27N. The molecule has 0 heterocycles. The van der Waals surface area contributed by atoms with E-state index >= 15 is 0 Å². The van der Waals surface area contributed by atoms with Crippen LogP contribution in [0.2, 0.25) is 0 Å². The van der Waals surface area contributed by atoms with Crippen molar-refractivity contribution in [3.05, 3.63) is 151 Å². The summed E-state index contributed by atoms with van der Waals surface area (Å²) in [4.78, 5) is 0. The van der Waals surface area contributed by atoms with Crippen LogP contribution in [-0.4, -0.2) is 0 Å². The molecule has 0 saturated heterocycles. The average molecular weight is 462 g/mol. The molecule has 0 atom stereocenters. The van der Waals surface area contributed by atoms with Gasteiger partial charge in [-0.1, -0.05) is 133 Å². The van der Waals surface area contributed by atoms with E-state index in [1.807, 2.05) is 6.07 Å². The maximum absolute atomic E-state index is 6.28. The zero-order chi connectivity index (χ0) is 24.3. The van der Waals surface area contributed by atoms with Crippen molar-refractivity contribution in [2.75, 3.05) is 0 Å². The highest BCUT2D eigenvalue weighted by Crippen LogP contribution is 2.43. The number of fused-ring (bicyclic) bond motifs is 3. The van der Waals surface area contributed by atoms with Crippen LogP contribution < -0.4 is 5.73 Å². The Morgan fingerprint density at radius 3 is 1.78 bits per heavy atom. The van der Waals surface area contributed by atoms with Gasteiger partial charge >= 0.3 is 0 Å². The number of rotatable bonds is 5. The molecule has 6 aromatic rings. The molecule has 0 spiro atoms. The topological polar surface area (TPSA) is 26.0 Å². The zero-order valence-electron chi connectivity index (χ0n) is 20.1. The smallest absolute Gasteiger partial charge is 0.00179 e. The van der Waals surface area contributed by atoms with E-state index < -0.39 is 0 Å². The second-order valence-electron chi connectivity index (χ2n) is 9.08. The largest absolute Gasteiger partial charge is 0.404 e. The molecule has 0 saturated carbocycles. The summed E-state index contributed by atoms with van der Waals surface area (Å²) in [5.74, 6) is 0. The molecule has 0 fully saturated rings. The highest BCUT2D eigenvalue weighted by molar-refractivity contribution is 6.21. The first-order valence-electron chi connectivity index (χ1n) is 12.4. The molecule has 172 valence electrons. The first-order chi connectivity index (χ1) is 17.8. The predicted molar refractivity (Wildman–Crippen MR) is 156 cm³/mol. The standard InChI is InChI=1S/C35H27N/c36-24-27(17-10-14-25-12-2-1-3-13-25)34-30-19-6-8-21-32(30)35(33-22-9-7-20-31(33)34)29-23-11-16-26-15-4-5-18-28(26)29/h1-13,15-24H,14,36H2/b17-10-,27-24+. The maximum atomic E-state index is 6.28. The molecule has 0 bridgehead atoms. The molecule has 0 amide bonds. The molecule has 1 nitrogen and oxygen atoms in total. The normalized spacial score (nSPS) is 12.2. The van der Waals surface area contributed by atoms with E-state index in [2.05, 4.69) is 127 Å². The van der Waals surface area contributed by atoms with Gasteiger partial charge in [0, 0.05) is 6.20 Å². The number of benzene rings is 6. The van der Waals surface area contributed by atoms with Gasteiger partial charge in [-0.3, -0.25) is 0 Å². The SMILES string of the molecule is N/C=C(\C=C/Cc1ccccc1)c1c2ccccc2c(-c2cccc3ccccc23)c2ccccc12. The molecule has 0 aliphatic rings. The van der Waals surface area contributed by atoms with Crippen molar-refractivity contribution < 1.29 is 0 Å². The lowest BCUT2D eigenvalue weighted by Gasteiger charge is -2.19. The van der Waals surface area contributed by atoms with Gasteiger partial charge in [-0.25, -0.2) is 0 Å². The highest BCUT2D eigenvalue weighted by atomic mass is 14.5. The summed E-state index contributed by atoms with van der Waals surface area (Å²) in [6, 6.07) is 43.2. The van der Waals surface area contributed by atoms with Crippen LogP contribution in [0.5, 0.6) is 0 Å². The third-order valence-corrected chi connectivity index (χ3v) is 6.95. The Morgan fingerprint density at radius 2 is 1.11 bits per heavy atom. The van der Waals surface area contributed by atoms with Crippen molar-refractivity contribution in [1.82, 2.24) is 0 Å². The van der Waals surface area contributed by atoms with Gasteiger partial charge in [-0.05, 0) is 66.6 Å². The lowest BCUT2D eigenvalue weighted by molar-refractivity contribution is 1.27. The van der Waals surface area contributed by atoms with E-state index in [1.54, 1.807) is 6.20 Å². The van der Waals surface area contributed by atoms with Gasteiger partial charge in [0.1, 0.15) is 0 Å². The van der Waals surface area contributed by atoms with Crippen LogP contribution in [0.4, 0.5) is 0 Å². The van der Waals surface area contributed by atoms with Crippen LogP contribution in [0.1, 0.15) is 11.1 Å². The van der Waals surface area contributed by atoms with Gasteiger partial charge in [0.15, 0.2) is 0 Å². The van der Waals surface area contributed by atoms with E-state index in [0.717, 1.165) is 12.0 Å². The minimum Gasteiger partial charge on any atom is -0.404 e. The van der Waals surface area contributed by atoms with E-state index in [4.69, 9.17) is 5.73 Å². The Hall–Kier alpha value is -4.62. The molecular weight excluding hydrogens is 434 g/mol. The van der Waals surface area contributed by atoms with Gasteiger partial charge in [0.25, 0.3) is 0 Å². The molecule has 0 aliphatic carbocycles. The lowest BCUT2D eigenvalue weighted by atomic mass is 9.84. The van der Waals surface area contributed by atoms with Crippen molar-refractivity contribution in [1.29, 1.82) is 0 Å². The lowest BCUT2D eigenvalue weighted by Crippen LogP contribution is -1.95. The maximum Gasteiger partial charge on any atom is 0.00179 e. The average Bonchev–Trinajstić information content (AvgIpc) is 2.95. The highest BCUT2D eigenvalue weighted by Gasteiger charge is 2.17. The van der Waals surface area contributed by atoms with Gasteiger partial charge in [0.05, 0.1) is 0 Å². The van der Waals surface area contributed by atoms with E-state index in [0.29, 0.717) is 0 Å². The summed E-state index contributed by atoms with van der Waals surface area (Å²) in [6.45, 7) is 0. The molecule has 0 aromatic heterocycles. The number of hydrogen-bond donors (Lipinski definition) is 1. The molecule has 36 heavy (non-hydrogen) atoms. The molecule has 0 unspecified atom stereocenters. The van der Waals surface area contributed by atoms with Gasteiger partial charge in [-0.2, -0.15) is 0 Å². The Kier molecular flexibility index (Phi) is 5.81. The van der Waals surface area contributed by atoms with Crippen molar-refractivity contribution in [2.45, 2.75) is 6.42 Å². The van der Waals surface area contributed by atoms with E-state index in [9.17, 15) is 0 Å². The molecule has 6 aromatic carbocycles. The van der Waals surface area contributed by atoms with Crippen LogP contribution in [0, 0.1) is 0 Å². The number of allylic oxidation sites excluding steroid dienone is 3. The fraction of sp³-hybridized carbons (Fsp3) is 0.0286. The van der Waals surface area contributed by atoms with Gasteiger partial charge in [-0.15, -0.1) is 0 Å². The summed E-state index contributed by atoms with van der Waals surface area (Å²) in [7, 11) is 0. The molecule has 1 heteroatoms. The van der Waals surface area contributed by atoms with Crippen molar-refractivity contribution in [3.8, 4) is 11.1 Å². The fourth-order valence-corrected chi connectivity index (χ4v) is 5.33. The second-order valence-corrected chi connectivity index (χ2v) is 9.08. The van der Waals surface area contributed by atoms with Gasteiger partial charge < -0.3 is 5.73 Å². The Balaban J connectivity index is 1.61. The van der Waals surface area contributed by atoms with Crippen LogP contribution in [-0.2, 0) is 6.42 Å². The zero-order valence-corrected chi connectivity index (χ0v) is 20.1. The third kappa shape index (κ3) is 3.85. The Morgan fingerprint density at radius 1 is 0.556 bits per heavy atom. The third-order valence-electron chi connectivity index (χ3n) is 6.95. The molecule has 0 radical (unpaired) electrons. The van der Waals surface area contributed by atoms with Crippen molar-refractivity contribution in [2.24, 2.45) is 5.73 Å². The molecule has 2 N–H and O–H groups in total. The minimum atomic E-state index is 0.863. The second kappa shape index (κ2) is 9.56. The summed E-state index contributed by atoms with van der Waals surface area (Å²) < 4.78 is 0. The Bertz CT molecular complexity index is 1690. The minimum absolute atomic E-state index is 0.863. The molecule has 6 rings (SSSR count). The van der Waals surface area contributed by atoms with Gasteiger partial charge in [0.2, 0.25) is 0 Å². The first kappa shape index (κ1) is 21.9. The van der Waals surface area contributed by atoms with Crippen LogP contribution in [0.25, 0.3) is 49.0 Å². The Labute approximate surface area is 211 Å². The summed E-state index contributed by atoms with van der Waals surface area (Å²) in [5, 5.41) is 7.40. The fourth-order valence-electron chi connectivity index (χ4n) is 5.33. The summed E-state index contributed by atoms with van der Waals surface area (Å²) in [5.41, 5.74) is 12.3. The van der Waals surface area contributed by atoms with E-state index in [-0.39, 0.29) is 0 Å². The van der Waals surface area contributed by atoms with Crippen molar-refractivity contribution in [3.63, 3.8) is 0 Å². The summed E-state index contributed by atoms with van der Waals surface area (Å²) >= 11 is 0. The number of nitrogens with two attached hydrogens (primary N) is 1. The predicted octanol–water partition coefficient (Wildman–Crippen LogP) is 8.91. The summed E-state index contributed by atoms with van der Waals surface area (Å²) in [6.07, 6.45) is 6.98. The van der Waals surface area contributed by atoms with Crippen LogP contribution >= 0.6 is 0 Å². The first-order valence-corrected chi connectivity index (χ1v) is 12.4. The van der Waals surface area contributed by atoms with Crippen LogP contribution in [0.3, 0.4) is 0 Å². The molecule has 0 aliphatic heterocycles.